The van der Waals surface area contributed by atoms with E-state index in [1.165, 1.54) is 0 Å². The summed E-state index contributed by atoms with van der Waals surface area (Å²) < 4.78 is 1.76. The van der Waals surface area contributed by atoms with Crippen LogP contribution < -0.4 is 5.32 Å². The highest BCUT2D eigenvalue weighted by molar-refractivity contribution is 5.79. The molecule has 3 rings (SSSR count). The van der Waals surface area contributed by atoms with Crippen molar-refractivity contribution >= 4 is 10.9 Å². The maximum absolute atomic E-state index is 4.42. The molecule has 0 aliphatic rings. The number of benzene rings is 1. The second kappa shape index (κ2) is 5.26. The Morgan fingerprint density at radius 2 is 1.76 bits per heavy atom. The van der Waals surface area contributed by atoms with E-state index in [2.05, 4.69) is 41.2 Å². The fourth-order valence-corrected chi connectivity index (χ4v) is 2.05. The third-order valence-electron chi connectivity index (χ3n) is 3.18. The Bertz CT molecular complexity index is 737. The second-order valence-corrected chi connectivity index (χ2v) is 6.11. The molecule has 0 bridgehead atoms. The largest absolute Gasteiger partial charge is 0.308 e. The molecule has 108 valence electrons. The molecule has 0 spiro atoms. The fourth-order valence-electron chi connectivity index (χ4n) is 2.05. The number of nitrogens with one attached hydrogen (secondary N) is 1. The average molecular weight is 281 g/mol. The zero-order valence-corrected chi connectivity index (χ0v) is 12.5. The molecular formula is C16H19N5. The van der Waals surface area contributed by atoms with E-state index in [4.69, 9.17) is 0 Å². The third kappa shape index (κ3) is 3.08. The Labute approximate surface area is 124 Å². The highest BCUT2D eigenvalue weighted by atomic mass is 15.3. The summed E-state index contributed by atoms with van der Waals surface area (Å²) in [6.45, 7) is 7.16. The maximum Gasteiger partial charge on any atom is 0.251 e. The topological polar surface area (TPSA) is 55.6 Å². The molecule has 0 atom stereocenters. The standard InChI is InChI=1S/C16H19N5/c1-16(2,3)19-10-12-8-17-15(18-9-12)21-14-7-5-4-6-13(14)11-20-21/h4-9,11,19H,10H2,1-3H3. The van der Waals surface area contributed by atoms with Gasteiger partial charge in [0.15, 0.2) is 0 Å². The molecule has 0 saturated carbocycles. The monoisotopic (exact) mass is 281 g/mol. The summed E-state index contributed by atoms with van der Waals surface area (Å²) in [7, 11) is 0. The summed E-state index contributed by atoms with van der Waals surface area (Å²) in [4.78, 5) is 8.84. The van der Waals surface area contributed by atoms with Crippen LogP contribution in [0.1, 0.15) is 26.3 Å². The van der Waals surface area contributed by atoms with Crippen LogP contribution in [0.4, 0.5) is 0 Å². The molecule has 0 fully saturated rings. The van der Waals surface area contributed by atoms with Crippen LogP contribution in [0.5, 0.6) is 0 Å². The molecule has 5 nitrogen and oxygen atoms in total. The van der Waals surface area contributed by atoms with Crippen molar-refractivity contribution in [2.45, 2.75) is 32.9 Å². The van der Waals surface area contributed by atoms with Crippen molar-refractivity contribution in [3.05, 3.63) is 48.4 Å². The van der Waals surface area contributed by atoms with E-state index in [1.807, 2.05) is 42.9 Å². The van der Waals surface area contributed by atoms with Crippen molar-refractivity contribution < 1.29 is 0 Å². The lowest BCUT2D eigenvalue weighted by atomic mass is 10.1. The minimum atomic E-state index is 0.0802. The Kier molecular flexibility index (Phi) is 3.43. The lowest BCUT2D eigenvalue weighted by Crippen LogP contribution is -2.35. The Morgan fingerprint density at radius 3 is 2.48 bits per heavy atom. The molecule has 3 aromatic rings. The quantitative estimate of drug-likeness (QED) is 0.802. The Balaban J connectivity index is 1.84. The smallest absolute Gasteiger partial charge is 0.251 e. The third-order valence-corrected chi connectivity index (χ3v) is 3.18. The van der Waals surface area contributed by atoms with Gasteiger partial charge in [0.2, 0.25) is 0 Å². The molecule has 0 aliphatic carbocycles. The summed E-state index contributed by atoms with van der Waals surface area (Å²) in [5, 5.41) is 8.86. The fraction of sp³-hybridized carbons (Fsp3) is 0.312. The molecule has 0 saturated heterocycles. The first-order chi connectivity index (χ1) is 10.0. The van der Waals surface area contributed by atoms with E-state index in [9.17, 15) is 0 Å². The molecule has 2 heterocycles. The summed E-state index contributed by atoms with van der Waals surface area (Å²) in [5.41, 5.74) is 2.15. The van der Waals surface area contributed by atoms with Gasteiger partial charge in [-0.05, 0) is 26.8 Å². The molecule has 0 amide bonds. The van der Waals surface area contributed by atoms with Crippen molar-refractivity contribution in [2.75, 3.05) is 0 Å². The van der Waals surface area contributed by atoms with Crippen molar-refractivity contribution in [3.8, 4) is 5.95 Å². The van der Waals surface area contributed by atoms with Crippen molar-refractivity contribution in [2.24, 2.45) is 0 Å². The Hall–Kier alpha value is -2.27. The number of nitrogens with zero attached hydrogens (tertiary/aromatic N) is 4. The number of aromatic nitrogens is 4. The summed E-state index contributed by atoms with van der Waals surface area (Å²) >= 11 is 0. The molecular weight excluding hydrogens is 262 g/mol. The minimum Gasteiger partial charge on any atom is -0.308 e. The van der Waals surface area contributed by atoms with Crippen LogP contribution in [0.25, 0.3) is 16.9 Å². The van der Waals surface area contributed by atoms with Gasteiger partial charge in [0.25, 0.3) is 5.95 Å². The van der Waals surface area contributed by atoms with Crippen molar-refractivity contribution in [3.63, 3.8) is 0 Å². The molecule has 1 aromatic carbocycles. The van der Waals surface area contributed by atoms with Gasteiger partial charge in [-0.2, -0.15) is 9.78 Å². The van der Waals surface area contributed by atoms with Gasteiger partial charge in [-0.3, -0.25) is 0 Å². The van der Waals surface area contributed by atoms with Crippen LogP contribution in [0.15, 0.2) is 42.9 Å². The average Bonchev–Trinajstić information content (AvgIpc) is 2.89. The molecule has 0 unspecified atom stereocenters. The van der Waals surface area contributed by atoms with E-state index >= 15 is 0 Å². The zero-order chi connectivity index (χ0) is 14.9. The van der Waals surface area contributed by atoms with E-state index in [0.717, 1.165) is 23.0 Å². The zero-order valence-electron chi connectivity index (χ0n) is 12.5. The van der Waals surface area contributed by atoms with Crippen LogP contribution in [0.3, 0.4) is 0 Å². The first-order valence-electron chi connectivity index (χ1n) is 7.02. The van der Waals surface area contributed by atoms with E-state index in [1.54, 1.807) is 4.68 Å². The SMILES string of the molecule is CC(C)(C)NCc1cnc(-n2ncc3ccccc32)nc1. The van der Waals surface area contributed by atoms with Crippen LogP contribution in [0, 0.1) is 0 Å². The lowest BCUT2D eigenvalue weighted by Gasteiger charge is -2.20. The molecule has 21 heavy (non-hydrogen) atoms. The number of rotatable bonds is 3. The molecule has 2 aromatic heterocycles. The molecule has 1 N–H and O–H groups in total. The summed E-state index contributed by atoms with van der Waals surface area (Å²) in [5.74, 6) is 0.593. The van der Waals surface area contributed by atoms with Crippen molar-refractivity contribution in [1.29, 1.82) is 0 Å². The van der Waals surface area contributed by atoms with E-state index in [-0.39, 0.29) is 5.54 Å². The van der Waals surface area contributed by atoms with Gasteiger partial charge in [-0.25, -0.2) is 9.97 Å². The highest BCUT2D eigenvalue weighted by Crippen LogP contribution is 2.15. The van der Waals surface area contributed by atoms with Crippen LogP contribution in [-0.4, -0.2) is 25.3 Å². The van der Waals surface area contributed by atoms with Gasteiger partial charge >= 0.3 is 0 Å². The predicted octanol–water partition coefficient (Wildman–Crippen LogP) is 2.70. The molecule has 0 radical (unpaired) electrons. The predicted molar refractivity (Wildman–Crippen MR) is 83.3 cm³/mol. The number of para-hydroxylation sites is 1. The first kappa shape index (κ1) is 13.7. The van der Waals surface area contributed by atoms with Crippen molar-refractivity contribution in [1.82, 2.24) is 25.1 Å². The van der Waals surface area contributed by atoms with Crippen LogP contribution in [0.2, 0.25) is 0 Å². The lowest BCUT2D eigenvalue weighted by molar-refractivity contribution is 0.423. The van der Waals surface area contributed by atoms with Gasteiger partial charge in [0.05, 0.1) is 11.7 Å². The van der Waals surface area contributed by atoms with Crippen LogP contribution in [-0.2, 0) is 6.54 Å². The first-order valence-corrected chi connectivity index (χ1v) is 7.02. The minimum absolute atomic E-state index is 0.0802. The molecule has 5 heteroatoms. The van der Waals surface area contributed by atoms with Gasteiger partial charge in [-0.1, -0.05) is 18.2 Å². The maximum atomic E-state index is 4.42. The second-order valence-electron chi connectivity index (χ2n) is 6.11. The summed E-state index contributed by atoms with van der Waals surface area (Å²) in [6.07, 6.45) is 5.52. The van der Waals surface area contributed by atoms with Gasteiger partial charge in [-0.15, -0.1) is 0 Å². The van der Waals surface area contributed by atoms with Crippen LogP contribution >= 0.6 is 0 Å². The van der Waals surface area contributed by atoms with E-state index < -0.39 is 0 Å². The number of hydrogen-bond donors (Lipinski definition) is 1. The van der Waals surface area contributed by atoms with Gasteiger partial charge < -0.3 is 5.32 Å². The van der Waals surface area contributed by atoms with E-state index in [0.29, 0.717) is 5.95 Å². The Morgan fingerprint density at radius 1 is 1.05 bits per heavy atom. The number of fused-ring (bicyclic) bond motifs is 1. The highest BCUT2D eigenvalue weighted by Gasteiger charge is 2.10. The summed E-state index contributed by atoms with van der Waals surface area (Å²) in [6, 6.07) is 8.03. The normalized spacial score (nSPS) is 12.0. The van der Waals surface area contributed by atoms with Gasteiger partial charge in [0, 0.05) is 35.4 Å². The number of hydrogen-bond acceptors (Lipinski definition) is 4. The van der Waals surface area contributed by atoms with Gasteiger partial charge in [0.1, 0.15) is 0 Å². The molecule has 0 aliphatic heterocycles.